The van der Waals surface area contributed by atoms with Crippen molar-refractivity contribution in [1.82, 2.24) is 10.3 Å². The highest BCUT2D eigenvalue weighted by atomic mass is 16.5. The molecule has 2 aromatic rings. The maximum absolute atomic E-state index is 11.1. The van der Waals surface area contributed by atoms with Crippen LogP contribution in [0, 0.1) is 0 Å². The monoisotopic (exact) mass is 242 g/mol. The van der Waals surface area contributed by atoms with E-state index in [0.29, 0.717) is 13.0 Å². The Bertz CT molecular complexity index is 578. The lowest BCUT2D eigenvalue weighted by molar-refractivity contribution is -0.119. The molecule has 18 heavy (non-hydrogen) atoms. The number of aromatic nitrogens is 1. The first kappa shape index (κ1) is 11.0. The zero-order chi connectivity index (χ0) is 12.4. The van der Waals surface area contributed by atoms with Gasteiger partial charge in [0.15, 0.2) is 0 Å². The van der Waals surface area contributed by atoms with Gasteiger partial charge in [0.05, 0.1) is 11.6 Å². The van der Waals surface area contributed by atoms with E-state index >= 15 is 0 Å². The zero-order valence-corrected chi connectivity index (χ0v) is 9.93. The van der Waals surface area contributed by atoms with Crippen LogP contribution < -0.4 is 10.1 Å². The van der Waals surface area contributed by atoms with E-state index < -0.39 is 0 Å². The van der Waals surface area contributed by atoms with Gasteiger partial charge in [-0.15, -0.1) is 0 Å². The summed E-state index contributed by atoms with van der Waals surface area (Å²) in [4.78, 5) is 15.4. The Labute approximate surface area is 105 Å². The maximum atomic E-state index is 11.1. The number of amides is 1. The number of rotatable bonds is 3. The number of hydrogen-bond donors (Lipinski definition) is 1. The van der Waals surface area contributed by atoms with Gasteiger partial charge in [-0.1, -0.05) is 12.1 Å². The molecule has 1 N–H and O–H groups in total. The minimum atomic E-state index is 0.114. The Hall–Kier alpha value is -2.10. The minimum absolute atomic E-state index is 0.114. The molecule has 1 amide bonds. The van der Waals surface area contributed by atoms with E-state index in [-0.39, 0.29) is 11.9 Å². The third kappa shape index (κ3) is 2.14. The average Bonchev–Trinajstić information content (AvgIpc) is 2.82. The van der Waals surface area contributed by atoms with Gasteiger partial charge >= 0.3 is 0 Å². The predicted molar refractivity (Wildman–Crippen MR) is 68.4 cm³/mol. The van der Waals surface area contributed by atoms with E-state index in [4.69, 9.17) is 4.74 Å². The van der Waals surface area contributed by atoms with Crippen molar-refractivity contribution in [2.45, 2.75) is 18.9 Å². The van der Waals surface area contributed by atoms with Crippen LogP contribution in [0.25, 0.3) is 10.9 Å². The second-order valence-electron chi connectivity index (χ2n) is 4.44. The van der Waals surface area contributed by atoms with Crippen LogP contribution in [0.1, 0.15) is 12.8 Å². The maximum Gasteiger partial charge on any atom is 0.220 e. The summed E-state index contributed by atoms with van der Waals surface area (Å²) in [6, 6.07) is 9.86. The number of benzene rings is 1. The quantitative estimate of drug-likeness (QED) is 0.894. The lowest BCUT2D eigenvalue weighted by Crippen LogP contribution is -2.30. The number of hydrogen-bond acceptors (Lipinski definition) is 3. The Morgan fingerprint density at radius 1 is 1.33 bits per heavy atom. The summed E-state index contributed by atoms with van der Waals surface area (Å²) in [7, 11) is 0. The Kier molecular flexibility index (Phi) is 2.84. The summed E-state index contributed by atoms with van der Waals surface area (Å²) < 4.78 is 5.80. The molecule has 1 aromatic carbocycles. The molecular formula is C14H14N2O2. The van der Waals surface area contributed by atoms with Crippen LogP contribution in [0.2, 0.25) is 0 Å². The average molecular weight is 242 g/mol. The summed E-state index contributed by atoms with van der Waals surface area (Å²) in [6.07, 6.45) is 3.19. The number of nitrogens with one attached hydrogen (secondary N) is 1. The van der Waals surface area contributed by atoms with Gasteiger partial charge in [0.1, 0.15) is 12.4 Å². The lowest BCUT2D eigenvalue weighted by Gasteiger charge is -2.13. The molecule has 1 aliphatic rings. The van der Waals surface area contributed by atoms with E-state index in [0.717, 1.165) is 23.1 Å². The second-order valence-corrected chi connectivity index (χ2v) is 4.44. The number of nitrogens with zero attached hydrogens (tertiary/aromatic N) is 1. The molecule has 3 rings (SSSR count). The molecule has 4 heteroatoms. The highest BCUT2D eigenvalue weighted by Crippen LogP contribution is 2.23. The predicted octanol–water partition coefficient (Wildman–Crippen LogP) is 1.89. The number of para-hydroxylation sites is 1. The molecule has 0 radical (unpaired) electrons. The topological polar surface area (TPSA) is 51.2 Å². The van der Waals surface area contributed by atoms with E-state index in [1.54, 1.807) is 6.20 Å². The summed E-state index contributed by atoms with van der Waals surface area (Å²) in [5.41, 5.74) is 0.922. The van der Waals surface area contributed by atoms with Crippen LogP contribution in [0.15, 0.2) is 36.5 Å². The van der Waals surface area contributed by atoms with Crippen molar-refractivity contribution in [1.29, 1.82) is 0 Å². The molecule has 0 spiro atoms. The van der Waals surface area contributed by atoms with E-state index in [2.05, 4.69) is 10.3 Å². The fourth-order valence-electron chi connectivity index (χ4n) is 2.19. The summed E-state index contributed by atoms with van der Waals surface area (Å²) in [6.45, 7) is 0.514. The van der Waals surface area contributed by atoms with Crippen molar-refractivity contribution < 1.29 is 9.53 Å². The van der Waals surface area contributed by atoms with Crippen LogP contribution in [0.3, 0.4) is 0 Å². The zero-order valence-electron chi connectivity index (χ0n) is 9.93. The van der Waals surface area contributed by atoms with Crippen molar-refractivity contribution in [2.75, 3.05) is 6.61 Å². The largest absolute Gasteiger partial charge is 0.491 e. The normalized spacial score (nSPS) is 18.9. The van der Waals surface area contributed by atoms with E-state index in [9.17, 15) is 4.79 Å². The number of ether oxygens (including phenoxy) is 1. The van der Waals surface area contributed by atoms with Gasteiger partial charge < -0.3 is 10.1 Å². The molecular weight excluding hydrogens is 228 g/mol. The highest BCUT2D eigenvalue weighted by molar-refractivity contribution is 5.84. The number of pyridine rings is 1. The Morgan fingerprint density at radius 3 is 3.06 bits per heavy atom. The van der Waals surface area contributed by atoms with Crippen LogP contribution in [-0.2, 0) is 4.79 Å². The van der Waals surface area contributed by atoms with Crippen molar-refractivity contribution in [3.63, 3.8) is 0 Å². The van der Waals surface area contributed by atoms with Crippen molar-refractivity contribution in [3.8, 4) is 5.75 Å². The second kappa shape index (κ2) is 4.64. The van der Waals surface area contributed by atoms with Crippen LogP contribution in [0.5, 0.6) is 5.75 Å². The van der Waals surface area contributed by atoms with Gasteiger partial charge in [-0.05, 0) is 24.6 Å². The number of fused-ring (bicyclic) bond motifs is 1. The van der Waals surface area contributed by atoms with E-state index in [1.165, 1.54) is 0 Å². The Balaban J connectivity index is 1.76. The summed E-state index contributed by atoms with van der Waals surface area (Å²) in [5.74, 6) is 0.935. The molecule has 1 saturated heterocycles. The summed E-state index contributed by atoms with van der Waals surface area (Å²) in [5, 5.41) is 3.90. The first-order chi connectivity index (χ1) is 8.83. The van der Waals surface area contributed by atoms with Crippen LogP contribution in [-0.4, -0.2) is 23.5 Å². The van der Waals surface area contributed by atoms with E-state index in [1.807, 2.05) is 30.3 Å². The first-order valence-electron chi connectivity index (χ1n) is 6.09. The SMILES string of the molecule is O=C1CCC(COc2ccnc3ccccc23)N1. The molecule has 2 heterocycles. The van der Waals surface area contributed by atoms with Gasteiger partial charge in [0.2, 0.25) is 5.91 Å². The molecule has 92 valence electrons. The molecule has 0 aliphatic carbocycles. The molecule has 1 aliphatic heterocycles. The van der Waals surface area contributed by atoms with Gasteiger partial charge in [0.25, 0.3) is 0 Å². The molecule has 1 fully saturated rings. The van der Waals surface area contributed by atoms with Crippen molar-refractivity contribution in [2.24, 2.45) is 0 Å². The third-order valence-corrected chi connectivity index (χ3v) is 3.13. The van der Waals surface area contributed by atoms with Crippen molar-refractivity contribution in [3.05, 3.63) is 36.5 Å². The molecule has 1 aromatic heterocycles. The van der Waals surface area contributed by atoms with Gasteiger partial charge in [-0.2, -0.15) is 0 Å². The standard InChI is InChI=1S/C14H14N2O2/c17-14-6-5-10(16-14)9-18-13-7-8-15-12-4-2-1-3-11(12)13/h1-4,7-8,10H,5-6,9H2,(H,16,17). The smallest absolute Gasteiger partial charge is 0.220 e. The van der Waals surface area contributed by atoms with Gasteiger partial charge in [-0.25, -0.2) is 0 Å². The fourth-order valence-corrected chi connectivity index (χ4v) is 2.19. The third-order valence-electron chi connectivity index (χ3n) is 3.13. The van der Waals surface area contributed by atoms with Crippen LogP contribution >= 0.6 is 0 Å². The molecule has 1 atom stereocenters. The minimum Gasteiger partial charge on any atom is -0.491 e. The molecule has 0 saturated carbocycles. The van der Waals surface area contributed by atoms with Crippen molar-refractivity contribution >= 4 is 16.8 Å². The number of carbonyl (C=O) groups excluding carboxylic acids is 1. The molecule has 4 nitrogen and oxygen atoms in total. The number of carbonyl (C=O) groups is 1. The lowest BCUT2D eigenvalue weighted by atomic mass is 10.2. The highest BCUT2D eigenvalue weighted by Gasteiger charge is 2.21. The fraction of sp³-hybridized carbons (Fsp3) is 0.286. The summed E-state index contributed by atoms with van der Waals surface area (Å²) >= 11 is 0. The first-order valence-corrected chi connectivity index (χ1v) is 6.09. The molecule has 1 unspecified atom stereocenters. The Morgan fingerprint density at radius 2 is 2.22 bits per heavy atom. The molecule has 0 bridgehead atoms. The van der Waals surface area contributed by atoms with Gasteiger partial charge in [0, 0.05) is 18.0 Å². The van der Waals surface area contributed by atoms with Gasteiger partial charge in [-0.3, -0.25) is 9.78 Å². The van der Waals surface area contributed by atoms with Crippen LogP contribution in [0.4, 0.5) is 0 Å².